The Hall–Kier alpha value is -2.77. The molecule has 2 N–H and O–H groups in total. The second-order valence-electron chi connectivity index (χ2n) is 3.27. The number of aromatic nitrogens is 1. The average molecular weight is 251 g/mol. The SMILES string of the molecule is Cc1cc(NC(=O)/C=C/C(=O)O)ncc1[N+](=O)[O-]. The zero-order valence-electron chi connectivity index (χ0n) is 9.28. The minimum Gasteiger partial charge on any atom is -0.478 e. The fourth-order valence-electron chi connectivity index (χ4n) is 1.12. The Morgan fingerprint density at radius 1 is 1.50 bits per heavy atom. The van der Waals surface area contributed by atoms with Gasteiger partial charge in [-0.3, -0.25) is 14.9 Å². The van der Waals surface area contributed by atoms with Crippen LogP contribution in [0.2, 0.25) is 0 Å². The summed E-state index contributed by atoms with van der Waals surface area (Å²) in [6, 6.07) is 1.32. The third-order valence-electron chi connectivity index (χ3n) is 1.91. The molecule has 8 heteroatoms. The fourth-order valence-corrected chi connectivity index (χ4v) is 1.12. The standard InChI is InChI=1S/C10H9N3O5/c1-6-4-8(11-5-7(6)13(17)18)12-9(14)2-3-10(15)16/h2-5H,1H3,(H,15,16)(H,11,12,14)/b3-2+. The first-order chi connectivity index (χ1) is 8.40. The summed E-state index contributed by atoms with van der Waals surface area (Å²) in [4.78, 5) is 35.0. The van der Waals surface area contributed by atoms with E-state index in [1.807, 2.05) is 0 Å². The van der Waals surface area contributed by atoms with Gasteiger partial charge in [-0.25, -0.2) is 9.78 Å². The Morgan fingerprint density at radius 3 is 2.67 bits per heavy atom. The molecule has 0 atom stereocenters. The molecular weight excluding hydrogens is 242 g/mol. The van der Waals surface area contributed by atoms with Gasteiger partial charge >= 0.3 is 5.97 Å². The molecule has 8 nitrogen and oxygen atoms in total. The molecule has 1 aromatic heterocycles. The number of aliphatic carboxylic acids is 1. The number of carbonyl (C=O) groups is 2. The van der Waals surface area contributed by atoms with Crippen molar-refractivity contribution < 1.29 is 19.6 Å². The highest BCUT2D eigenvalue weighted by Crippen LogP contribution is 2.18. The Bertz CT molecular complexity index is 538. The number of hydrogen-bond donors (Lipinski definition) is 2. The van der Waals surface area contributed by atoms with E-state index in [9.17, 15) is 19.7 Å². The monoisotopic (exact) mass is 251 g/mol. The van der Waals surface area contributed by atoms with E-state index in [-0.39, 0.29) is 11.5 Å². The number of carboxylic acids is 1. The van der Waals surface area contributed by atoms with Crippen LogP contribution in [0.5, 0.6) is 0 Å². The van der Waals surface area contributed by atoms with E-state index in [2.05, 4.69) is 10.3 Å². The van der Waals surface area contributed by atoms with Crippen LogP contribution in [0.15, 0.2) is 24.4 Å². The Kier molecular flexibility index (Phi) is 4.08. The normalized spacial score (nSPS) is 10.3. The summed E-state index contributed by atoms with van der Waals surface area (Å²) in [6.45, 7) is 1.50. The van der Waals surface area contributed by atoms with Crippen molar-refractivity contribution in [3.8, 4) is 0 Å². The highest BCUT2D eigenvalue weighted by molar-refractivity contribution is 6.01. The van der Waals surface area contributed by atoms with Crippen molar-refractivity contribution in [2.75, 3.05) is 5.32 Å². The molecule has 0 saturated heterocycles. The third kappa shape index (κ3) is 3.67. The average Bonchev–Trinajstić information content (AvgIpc) is 2.26. The van der Waals surface area contributed by atoms with Crippen LogP contribution in [0.25, 0.3) is 0 Å². The topological polar surface area (TPSA) is 122 Å². The smallest absolute Gasteiger partial charge is 0.328 e. The van der Waals surface area contributed by atoms with Gasteiger partial charge in [0.1, 0.15) is 12.0 Å². The molecule has 1 heterocycles. The van der Waals surface area contributed by atoms with E-state index in [1.165, 1.54) is 13.0 Å². The summed E-state index contributed by atoms with van der Waals surface area (Å²) in [7, 11) is 0. The maximum Gasteiger partial charge on any atom is 0.328 e. The van der Waals surface area contributed by atoms with Gasteiger partial charge in [-0.05, 0) is 13.0 Å². The molecule has 0 unspecified atom stereocenters. The lowest BCUT2D eigenvalue weighted by molar-refractivity contribution is -0.385. The van der Waals surface area contributed by atoms with Gasteiger partial charge in [0, 0.05) is 17.7 Å². The number of nitrogens with zero attached hydrogens (tertiary/aromatic N) is 2. The lowest BCUT2D eigenvalue weighted by Crippen LogP contribution is -2.10. The molecule has 1 aromatic rings. The van der Waals surface area contributed by atoms with Crippen LogP contribution in [-0.2, 0) is 9.59 Å². The van der Waals surface area contributed by atoms with Crippen LogP contribution in [0.4, 0.5) is 11.5 Å². The zero-order chi connectivity index (χ0) is 13.7. The van der Waals surface area contributed by atoms with E-state index >= 15 is 0 Å². The molecule has 0 fully saturated rings. The van der Waals surface area contributed by atoms with Crippen LogP contribution >= 0.6 is 0 Å². The van der Waals surface area contributed by atoms with Gasteiger partial charge in [0.25, 0.3) is 5.69 Å². The van der Waals surface area contributed by atoms with Crippen molar-refractivity contribution in [1.82, 2.24) is 4.98 Å². The number of nitro groups is 1. The lowest BCUT2D eigenvalue weighted by atomic mass is 10.2. The van der Waals surface area contributed by atoms with Gasteiger partial charge in [-0.15, -0.1) is 0 Å². The highest BCUT2D eigenvalue weighted by Gasteiger charge is 2.11. The lowest BCUT2D eigenvalue weighted by Gasteiger charge is -2.02. The summed E-state index contributed by atoms with van der Waals surface area (Å²) >= 11 is 0. The van der Waals surface area contributed by atoms with Crippen molar-refractivity contribution in [2.24, 2.45) is 0 Å². The summed E-state index contributed by atoms with van der Waals surface area (Å²) in [6.07, 6.45) is 2.51. The summed E-state index contributed by atoms with van der Waals surface area (Å²) in [5, 5.41) is 21.1. The number of nitrogens with one attached hydrogen (secondary N) is 1. The number of carbonyl (C=O) groups excluding carboxylic acids is 1. The molecule has 1 rings (SSSR count). The Labute approximate surface area is 101 Å². The van der Waals surface area contributed by atoms with Crippen molar-refractivity contribution in [3.63, 3.8) is 0 Å². The molecule has 0 spiro atoms. The molecule has 0 aliphatic heterocycles. The van der Waals surface area contributed by atoms with E-state index in [4.69, 9.17) is 5.11 Å². The number of hydrogen-bond acceptors (Lipinski definition) is 5. The molecule has 0 aliphatic carbocycles. The molecule has 0 radical (unpaired) electrons. The summed E-state index contributed by atoms with van der Waals surface area (Å²) in [5.41, 5.74) is 0.182. The van der Waals surface area contributed by atoms with Gasteiger partial charge in [0.05, 0.1) is 4.92 Å². The molecule has 0 bridgehead atoms. The maximum atomic E-state index is 11.2. The highest BCUT2D eigenvalue weighted by atomic mass is 16.6. The molecule has 94 valence electrons. The molecule has 1 amide bonds. The van der Waals surface area contributed by atoms with Crippen LogP contribution < -0.4 is 5.32 Å². The van der Waals surface area contributed by atoms with E-state index < -0.39 is 16.8 Å². The van der Waals surface area contributed by atoms with Gasteiger partial charge in [0.15, 0.2) is 0 Å². The zero-order valence-corrected chi connectivity index (χ0v) is 9.28. The fraction of sp³-hybridized carbons (Fsp3) is 0.100. The van der Waals surface area contributed by atoms with Crippen LogP contribution in [0.3, 0.4) is 0 Å². The number of anilines is 1. The van der Waals surface area contributed by atoms with E-state index in [0.29, 0.717) is 11.6 Å². The number of aryl methyl sites for hydroxylation is 1. The second-order valence-corrected chi connectivity index (χ2v) is 3.27. The Morgan fingerprint density at radius 2 is 2.17 bits per heavy atom. The van der Waals surface area contributed by atoms with Crippen molar-refractivity contribution in [1.29, 1.82) is 0 Å². The van der Waals surface area contributed by atoms with Crippen molar-refractivity contribution >= 4 is 23.4 Å². The first kappa shape index (κ1) is 13.3. The van der Waals surface area contributed by atoms with Crippen LogP contribution in [0, 0.1) is 17.0 Å². The largest absolute Gasteiger partial charge is 0.478 e. The number of pyridine rings is 1. The molecular formula is C10H9N3O5. The van der Waals surface area contributed by atoms with E-state index in [0.717, 1.165) is 12.3 Å². The van der Waals surface area contributed by atoms with Gasteiger partial charge in [-0.1, -0.05) is 0 Å². The maximum absolute atomic E-state index is 11.2. The van der Waals surface area contributed by atoms with Crippen LogP contribution in [-0.4, -0.2) is 26.9 Å². The van der Waals surface area contributed by atoms with E-state index in [1.54, 1.807) is 0 Å². The van der Waals surface area contributed by atoms with Gasteiger partial charge in [-0.2, -0.15) is 0 Å². The number of carboxylic acid groups (broad SMARTS) is 1. The van der Waals surface area contributed by atoms with Gasteiger partial charge < -0.3 is 10.4 Å². The third-order valence-corrected chi connectivity index (χ3v) is 1.91. The molecule has 0 saturated carbocycles. The summed E-state index contributed by atoms with van der Waals surface area (Å²) in [5.74, 6) is -1.82. The predicted molar refractivity (Wildman–Crippen MR) is 61.0 cm³/mol. The summed E-state index contributed by atoms with van der Waals surface area (Å²) < 4.78 is 0. The number of amides is 1. The van der Waals surface area contributed by atoms with Crippen molar-refractivity contribution in [3.05, 3.63) is 40.1 Å². The van der Waals surface area contributed by atoms with Crippen molar-refractivity contribution in [2.45, 2.75) is 6.92 Å². The quantitative estimate of drug-likeness (QED) is 0.465. The first-order valence-corrected chi connectivity index (χ1v) is 4.73. The second kappa shape index (κ2) is 5.53. The van der Waals surface area contributed by atoms with Crippen LogP contribution in [0.1, 0.15) is 5.56 Å². The predicted octanol–water partition coefficient (Wildman–Crippen LogP) is 0.878. The first-order valence-electron chi connectivity index (χ1n) is 4.73. The number of rotatable bonds is 4. The molecule has 0 aromatic carbocycles. The Balaban J connectivity index is 2.81. The molecule has 0 aliphatic rings. The minimum atomic E-state index is -1.25. The van der Waals surface area contributed by atoms with Gasteiger partial charge in [0.2, 0.25) is 5.91 Å². The minimum absolute atomic E-state index is 0.109. The molecule has 18 heavy (non-hydrogen) atoms.